The summed E-state index contributed by atoms with van der Waals surface area (Å²) in [6, 6.07) is 0. The quantitative estimate of drug-likeness (QED) is 0.485. The number of aromatic nitrogens is 4. The first kappa shape index (κ1) is 10.3. The van der Waals surface area contributed by atoms with E-state index in [9.17, 15) is 4.79 Å². The molecule has 0 fully saturated rings. The summed E-state index contributed by atoms with van der Waals surface area (Å²) in [5.41, 5.74) is 0.798. The molecule has 0 saturated heterocycles. The van der Waals surface area contributed by atoms with E-state index in [1.807, 2.05) is 0 Å². The third-order valence-electron chi connectivity index (χ3n) is 1.87. The summed E-state index contributed by atoms with van der Waals surface area (Å²) in [5.74, 6) is -0.119. The maximum absolute atomic E-state index is 11.2. The van der Waals surface area contributed by atoms with Gasteiger partial charge in [-0.05, 0) is 0 Å². The standard InChI is InChI=1S/C9H7BN4O2/c1-16-8(15)6-2-13-14(5-6)9-11-3-7(10)4-12-9/h2-5H,1H3. The SMILES string of the molecule is [B]c1cnc(-n2cc(C(=O)OC)cn2)nc1. The number of carbonyl (C=O) groups is 1. The molecule has 2 aromatic rings. The Bertz CT molecular complexity index is 508. The van der Waals surface area contributed by atoms with Gasteiger partial charge in [-0.2, -0.15) is 5.10 Å². The minimum absolute atomic E-state index is 0.336. The molecule has 0 amide bonds. The number of hydrogen-bond acceptors (Lipinski definition) is 5. The average Bonchev–Trinajstić information content (AvgIpc) is 2.78. The summed E-state index contributed by atoms with van der Waals surface area (Å²) < 4.78 is 5.92. The molecule has 0 bridgehead atoms. The van der Waals surface area contributed by atoms with E-state index in [4.69, 9.17) is 7.85 Å². The number of nitrogens with zero attached hydrogens (tertiary/aromatic N) is 4. The number of methoxy groups -OCH3 is 1. The normalized spacial score (nSPS) is 10.1. The molecule has 0 aliphatic rings. The first-order valence-electron chi connectivity index (χ1n) is 4.41. The van der Waals surface area contributed by atoms with Crippen molar-refractivity contribution in [2.24, 2.45) is 0 Å². The third kappa shape index (κ3) is 1.93. The summed E-state index contributed by atoms with van der Waals surface area (Å²) >= 11 is 0. The Balaban J connectivity index is 2.31. The minimum Gasteiger partial charge on any atom is -0.465 e. The van der Waals surface area contributed by atoms with Crippen LogP contribution in [0.2, 0.25) is 0 Å². The lowest BCUT2D eigenvalue weighted by Gasteiger charge is -1.98. The van der Waals surface area contributed by atoms with E-state index in [0.29, 0.717) is 17.0 Å². The Morgan fingerprint density at radius 1 is 1.38 bits per heavy atom. The molecule has 6 nitrogen and oxygen atoms in total. The van der Waals surface area contributed by atoms with Crippen molar-refractivity contribution in [2.45, 2.75) is 0 Å². The number of ether oxygens (including phenoxy) is 1. The lowest BCUT2D eigenvalue weighted by atomic mass is 10.0. The van der Waals surface area contributed by atoms with Gasteiger partial charge in [-0.15, -0.1) is 0 Å². The van der Waals surface area contributed by atoms with Gasteiger partial charge in [0.15, 0.2) is 0 Å². The van der Waals surface area contributed by atoms with E-state index in [1.165, 1.54) is 36.6 Å². The third-order valence-corrected chi connectivity index (χ3v) is 1.87. The van der Waals surface area contributed by atoms with Crippen molar-refractivity contribution in [1.82, 2.24) is 19.7 Å². The van der Waals surface area contributed by atoms with Crippen LogP contribution >= 0.6 is 0 Å². The van der Waals surface area contributed by atoms with Crippen molar-refractivity contribution >= 4 is 19.3 Å². The first-order chi connectivity index (χ1) is 7.70. The van der Waals surface area contributed by atoms with E-state index >= 15 is 0 Å². The van der Waals surface area contributed by atoms with Gasteiger partial charge in [0.2, 0.25) is 5.95 Å². The molecule has 78 valence electrons. The van der Waals surface area contributed by atoms with Crippen molar-refractivity contribution in [3.05, 3.63) is 30.4 Å². The van der Waals surface area contributed by atoms with E-state index < -0.39 is 5.97 Å². The van der Waals surface area contributed by atoms with Gasteiger partial charge < -0.3 is 4.74 Å². The van der Waals surface area contributed by atoms with E-state index in [0.717, 1.165) is 0 Å². The highest BCUT2D eigenvalue weighted by Crippen LogP contribution is 2.03. The summed E-state index contributed by atoms with van der Waals surface area (Å²) in [4.78, 5) is 19.1. The highest BCUT2D eigenvalue weighted by Gasteiger charge is 2.09. The van der Waals surface area contributed by atoms with Gasteiger partial charge in [-0.3, -0.25) is 0 Å². The van der Waals surface area contributed by atoms with E-state index in [2.05, 4.69) is 19.8 Å². The summed E-state index contributed by atoms with van der Waals surface area (Å²) in [5, 5.41) is 3.94. The van der Waals surface area contributed by atoms with Crippen LogP contribution in [0.4, 0.5) is 0 Å². The van der Waals surface area contributed by atoms with Crippen LogP contribution in [0.1, 0.15) is 10.4 Å². The van der Waals surface area contributed by atoms with Gasteiger partial charge >= 0.3 is 5.97 Å². The van der Waals surface area contributed by atoms with E-state index in [-0.39, 0.29) is 0 Å². The highest BCUT2D eigenvalue weighted by molar-refractivity contribution is 6.31. The fourth-order valence-corrected chi connectivity index (χ4v) is 1.10. The first-order valence-corrected chi connectivity index (χ1v) is 4.41. The monoisotopic (exact) mass is 214 g/mol. The molecule has 0 aromatic carbocycles. The second-order valence-corrected chi connectivity index (χ2v) is 2.98. The van der Waals surface area contributed by atoms with Crippen molar-refractivity contribution in [3.63, 3.8) is 0 Å². The fourth-order valence-electron chi connectivity index (χ4n) is 1.10. The lowest BCUT2D eigenvalue weighted by molar-refractivity contribution is 0.0600. The Labute approximate surface area is 92.7 Å². The molecular weight excluding hydrogens is 207 g/mol. The predicted molar refractivity (Wildman–Crippen MR) is 55.9 cm³/mol. The Morgan fingerprint density at radius 3 is 2.69 bits per heavy atom. The zero-order chi connectivity index (χ0) is 11.5. The Hall–Kier alpha value is -2.18. The van der Waals surface area contributed by atoms with Crippen LogP contribution in [-0.2, 0) is 4.74 Å². The molecule has 0 N–H and O–H groups in total. The number of esters is 1. The molecule has 16 heavy (non-hydrogen) atoms. The van der Waals surface area contributed by atoms with Crippen LogP contribution in [0.5, 0.6) is 0 Å². The van der Waals surface area contributed by atoms with Crippen molar-refractivity contribution in [3.8, 4) is 5.95 Å². The van der Waals surface area contributed by atoms with Crippen molar-refractivity contribution in [2.75, 3.05) is 7.11 Å². The Kier molecular flexibility index (Phi) is 2.67. The molecular formula is C9H7BN4O2. The molecule has 0 spiro atoms. The molecule has 2 rings (SSSR count). The second-order valence-electron chi connectivity index (χ2n) is 2.98. The molecule has 2 aromatic heterocycles. The van der Waals surface area contributed by atoms with Gasteiger partial charge in [0.1, 0.15) is 7.85 Å². The maximum atomic E-state index is 11.2. The van der Waals surface area contributed by atoms with Crippen LogP contribution in [-0.4, -0.2) is 40.7 Å². The summed E-state index contributed by atoms with van der Waals surface area (Å²) in [7, 11) is 6.76. The summed E-state index contributed by atoms with van der Waals surface area (Å²) in [6.07, 6.45) is 5.78. The van der Waals surface area contributed by atoms with Crippen LogP contribution in [0.25, 0.3) is 5.95 Å². The highest BCUT2D eigenvalue weighted by atomic mass is 16.5. The number of rotatable bonds is 2. The van der Waals surface area contributed by atoms with Crippen LogP contribution in [0.15, 0.2) is 24.8 Å². The van der Waals surface area contributed by atoms with E-state index in [1.54, 1.807) is 0 Å². The van der Waals surface area contributed by atoms with Crippen LogP contribution < -0.4 is 5.46 Å². The van der Waals surface area contributed by atoms with Gasteiger partial charge in [0.05, 0.1) is 18.9 Å². The smallest absolute Gasteiger partial charge is 0.341 e. The molecule has 0 unspecified atom stereocenters. The van der Waals surface area contributed by atoms with Crippen LogP contribution in [0.3, 0.4) is 0 Å². The van der Waals surface area contributed by atoms with Crippen molar-refractivity contribution in [1.29, 1.82) is 0 Å². The Morgan fingerprint density at radius 2 is 2.06 bits per heavy atom. The maximum Gasteiger partial charge on any atom is 0.341 e. The molecule has 7 heteroatoms. The number of carbonyl (C=O) groups excluding carboxylic acids is 1. The zero-order valence-corrected chi connectivity index (χ0v) is 8.49. The molecule has 0 saturated carbocycles. The second kappa shape index (κ2) is 4.14. The van der Waals surface area contributed by atoms with Gasteiger partial charge in [-0.25, -0.2) is 19.4 Å². The average molecular weight is 214 g/mol. The molecule has 2 radical (unpaired) electrons. The molecule has 0 aliphatic heterocycles. The predicted octanol–water partition coefficient (Wildman–Crippen LogP) is -0.757. The number of hydrogen-bond donors (Lipinski definition) is 0. The zero-order valence-electron chi connectivity index (χ0n) is 8.49. The molecule has 0 aliphatic carbocycles. The van der Waals surface area contributed by atoms with Gasteiger partial charge in [0, 0.05) is 18.6 Å². The fraction of sp³-hybridized carbons (Fsp3) is 0.111. The molecule has 0 atom stereocenters. The van der Waals surface area contributed by atoms with Gasteiger partial charge in [0.25, 0.3) is 0 Å². The summed E-state index contributed by atoms with van der Waals surface area (Å²) in [6.45, 7) is 0. The minimum atomic E-state index is -0.457. The lowest BCUT2D eigenvalue weighted by Crippen LogP contribution is -2.09. The largest absolute Gasteiger partial charge is 0.465 e. The molecule has 2 heterocycles. The van der Waals surface area contributed by atoms with Crippen LogP contribution in [0, 0.1) is 0 Å². The topological polar surface area (TPSA) is 69.9 Å². The van der Waals surface area contributed by atoms with Gasteiger partial charge in [-0.1, -0.05) is 5.46 Å². The van der Waals surface area contributed by atoms with Crippen molar-refractivity contribution < 1.29 is 9.53 Å².